The summed E-state index contributed by atoms with van der Waals surface area (Å²) in [4.78, 5) is 14.5. The van der Waals surface area contributed by atoms with Gasteiger partial charge < -0.3 is 5.32 Å². The van der Waals surface area contributed by atoms with Gasteiger partial charge in [-0.25, -0.2) is 0 Å². The van der Waals surface area contributed by atoms with Crippen molar-refractivity contribution < 1.29 is 4.79 Å². The van der Waals surface area contributed by atoms with Crippen molar-refractivity contribution in [2.24, 2.45) is 0 Å². The van der Waals surface area contributed by atoms with Crippen LogP contribution < -0.4 is 5.32 Å². The summed E-state index contributed by atoms with van der Waals surface area (Å²) in [5.74, 6) is -0.0113. The number of amides is 1. The molecule has 2 nitrogen and oxygen atoms in total. The molecule has 1 N–H and O–H groups in total. The van der Waals surface area contributed by atoms with E-state index in [4.69, 9.17) is 0 Å². The Balaban J connectivity index is 1.67. The molecule has 1 amide bonds. The lowest BCUT2D eigenvalue weighted by Crippen LogP contribution is -2.29. The number of fused-ring (bicyclic) bond motifs is 1. The predicted molar refractivity (Wildman–Crippen MR) is 88.4 cm³/mol. The number of aryl methyl sites for hydroxylation is 2. The van der Waals surface area contributed by atoms with Crippen molar-refractivity contribution in [1.82, 2.24) is 5.32 Å². The highest BCUT2D eigenvalue weighted by Gasteiger charge is 2.20. The molecular formula is C18H19NOS. The van der Waals surface area contributed by atoms with Gasteiger partial charge in [0.1, 0.15) is 0 Å². The van der Waals surface area contributed by atoms with Crippen LogP contribution in [0.4, 0.5) is 0 Å². The molecule has 0 radical (unpaired) electrons. The number of rotatable bonds is 3. The van der Waals surface area contributed by atoms with E-state index in [2.05, 4.69) is 36.5 Å². The Morgan fingerprint density at radius 3 is 2.95 bits per heavy atom. The molecule has 2 aromatic rings. The number of carbonyl (C=O) groups excluding carboxylic acids is 1. The molecule has 3 heteroatoms. The third-order valence-corrected chi connectivity index (χ3v) is 4.81. The minimum absolute atomic E-state index is 0.0113. The minimum Gasteiger partial charge on any atom is -0.346 e. The summed E-state index contributed by atoms with van der Waals surface area (Å²) < 4.78 is 0. The second-order valence-corrected chi connectivity index (χ2v) is 6.75. The second kappa shape index (κ2) is 6.27. The number of hydrogen-bond donors (Lipinski definition) is 1. The Hall–Kier alpha value is -1.87. The van der Waals surface area contributed by atoms with E-state index < -0.39 is 0 Å². The van der Waals surface area contributed by atoms with E-state index in [0.29, 0.717) is 0 Å². The van der Waals surface area contributed by atoms with Crippen molar-refractivity contribution >= 4 is 23.3 Å². The molecule has 1 aliphatic rings. The first-order valence-electron chi connectivity index (χ1n) is 7.35. The molecule has 108 valence electrons. The van der Waals surface area contributed by atoms with Crippen LogP contribution in [0.1, 0.15) is 39.8 Å². The lowest BCUT2D eigenvalue weighted by atomic mass is 9.88. The highest BCUT2D eigenvalue weighted by atomic mass is 32.1. The van der Waals surface area contributed by atoms with Gasteiger partial charge in [-0.15, -0.1) is 11.3 Å². The highest BCUT2D eigenvalue weighted by molar-refractivity contribution is 7.12. The Labute approximate surface area is 129 Å². The lowest BCUT2D eigenvalue weighted by Gasteiger charge is -2.25. The molecule has 3 rings (SSSR count). The van der Waals surface area contributed by atoms with Gasteiger partial charge in [-0.3, -0.25) is 4.79 Å². The van der Waals surface area contributed by atoms with Crippen molar-refractivity contribution in [3.8, 4) is 0 Å². The van der Waals surface area contributed by atoms with E-state index in [1.54, 1.807) is 17.4 Å². The molecule has 1 aromatic heterocycles. The molecule has 1 aliphatic carbocycles. The van der Waals surface area contributed by atoms with Gasteiger partial charge in [0.15, 0.2) is 0 Å². The van der Waals surface area contributed by atoms with Gasteiger partial charge in [0.05, 0.1) is 6.04 Å². The second-order valence-electron chi connectivity index (χ2n) is 5.43. The SMILES string of the molecule is Cc1ccc(/C=C/C(=O)N[C@H]2CCCc3ccccc32)s1. The zero-order chi connectivity index (χ0) is 14.7. The van der Waals surface area contributed by atoms with Crippen LogP contribution in [0.5, 0.6) is 0 Å². The summed E-state index contributed by atoms with van der Waals surface area (Å²) in [5.41, 5.74) is 2.64. The Kier molecular flexibility index (Phi) is 4.20. The predicted octanol–water partition coefficient (Wildman–Crippen LogP) is 4.26. The highest BCUT2D eigenvalue weighted by Crippen LogP contribution is 2.29. The third kappa shape index (κ3) is 3.42. The fourth-order valence-corrected chi connectivity index (χ4v) is 3.60. The summed E-state index contributed by atoms with van der Waals surface area (Å²) in [7, 11) is 0. The van der Waals surface area contributed by atoms with Gasteiger partial charge >= 0.3 is 0 Å². The van der Waals surface area contributed by atoms with Crippen LogP contribution in [0.2, 0.25) is 0 Å². The first kappa shape index (κ1) is 14.1. The average molecular weight is 297 g/mol. The van der Waals surface area contributed by atoms with Crippen LogP contribution in [0.15, 0.2) is 42.5 Å². The van der Waals surface area contributed by atoms with Gasteiger partial charge in [0, 0.05) is 15.8 Å². The van der Waals surface area contributed by atoms with E-state index in [9.17, 15) is 4.79 Å². The average Bonchev–Trinajstić information content (AvgIpc) is 2.91. The number of nitrogens with one attached hydrogen (secondary N) is 1. The van der Waals surface area contributed by atoms with Crippen LogP contribution in [0.3, 0.4) is 0 Å². The molecule has 1 aromatic carbocycles. The summed E-state index contributed by atoms with van der Waals surface area (Å²) in [6, 6.07) is 12.7. The topological polar surface area (TPSA) is 29.1 Å². The minimum atomic E-state index is -0.0113. The van der Waals surface area contributed by atoms with E-state index in [1.165, 1.54) is 16.0 Å². The van der Waals surface area contributed by atoms with Gasteiger partial charge in [-0.2, -0.15) is 0 Å². The Morgan fingerprint density at radius 1 is 1.29 bits per heavy atom. The van der Waals surface area contributed by atoms with Gasteiger partial charge in [-0.05, 0) is 55.5 Å². The molecule has 1 atom stereocenters. The summed E-state index contributed by atoms with van der Waals surface area (Å²) in [6.07, 6.45) is 6.81. The van der Waals surface area contributed by atoms with Gasteiger partial charge in [0.2, 0.25) is 5.91 Å². The molecule has 0 bridgehead atoms. The van der Waals surface area contributed by atoms with E-state index in [-0.39, 0.29) is 11.9 Å². The van der Waals surface area contributed by atoms with Gasteiger partial charge in [-0.1, -0.05) is 24.3 Å². The van der Waals surface area contributed by atoms with Crippen LogP contribution in [0, 0.1) is 6.92 Å². The molecule has 1 heterocycles. The van der Waals surface area contributed by atoms with Crippen molar-refractivity contribution in [3.05, 3.63) is 63.4 Å². The number of hydrogen-bond acceptors (Lipinski definition) is 2. The molecule has 0 aliphatic heterocycles. The van der Waals surface area contributed by atoms with Gasteiger partial charge in [0.25, 0.3) is 0 Å². The lowest BCUT2D eigenvalue weighted by molar-refractivity contribution is -0.117. The molecule has 21 heavy (non-hydrogen) atoms. The Morgan fingerprint density at radius 2 is 2.14 bits per heavy atom. The Bertz CT molecular complexity index is 671. The van der Waals surface area contributed by atoms with Crippen LogP contribution in [-0.4, -0.2) is 5.91 Å². The molecule has 0 saturated carbocycles. The summed E-state index contributed by atoms with van der Waals surface area (Å²) in [5, 5.41) is 3.13. The number of carbonyl (C=O) groups is 1. The third-order valence-electron chi connectivity index (χ3n) is 3.85. The quantitative estimate of drug-likeness (QED) is 0.843. The van der Waals surface area contributed by atoms with Crippen molar-refractivity contribution in [3.63, 3.8) is 0 Å². The van der Waals surface area contributed by atoms with Crippen molar-refractivity contribution in [2.45, 2.75) is 32.2 Å². The zero-order valence-corrected chi connectivity index (χ0v) is 13.0. The van der Waals surface area contributed by atoms with Crippen LogP contribution in [-0.2, 0) is 11.2 Å². The maximum atomic E-state index is 12.1. The van der Waals surface area contributed by atoms with E-state index >= 15 is 0 Å². The van der Waals surface area contributed by atoms with Crippen molar-refractivity contribution in [2.75, 3.05) is 0 Å². The summed E-state index contributed by atoms with van der Waals surface area (Å²) >= 11 is 1.70. The smallest absolute Gasteiger partial charge is 0.244 e. The molecule has 0 spiro atoms. The molecule has 0 unspecified atom stereocenters. The monoisotopic (exact) mass is 297 g/mol. The van der Waals surface area contributed by atoms with Crippen LogP contribution in [0.25, 0.3) is 6.08 Å². The summed E-state index contributed by atoms with van der Waals surface area (Å²) in [6.45, 7) is 2.07. The normalized spacial score (nSPS) is 17.7. The largest absolute Gasteiger partial charge is 0.346 e. The van der Waals surface area contributed by atoms with Crippen LogP contribution >= 0.6 is 11.3 Å². The first-order valence-corrected chi connectivity index (χ1v) is 8.17. The fraction of sp³-hybridized carbons (Fsp3) is 0.278. The maximum absolute atomic E-state index is 12.1. The van der Waals surface area contributed by atoms with E-state index in [1.807, 2.05) is 18.2 Å². The molecular weight excluding hydrogens is 278 g/mol. The van der Waals surface area contributed by atoms with Crippen molar-refractivity contribution in [1.29, 1.82) is 0 Å². The molecule has 0 fully saturated rings. The number of thiophene rings is 1. The van der Waals surface area contributed by atoms with E-state index in [0.717, 1.165) is 24.1 Å². The molecule has 0 saturated heterocycles. The maximum Gasteiger partial charge on any atom is 0.244 e. The number of benzene rings is 1. The standard InChI is InChI=1S/C18H19NOS/c1-13-9-10-15(21-13)11-12-18(20)19-17-8-4-6-14-5-2-3-7-16(14)17/h2-3,5,7,9-12,17H,4,6,8H2,1H3,(H,19,20)/b12-11+/t17-/m0/s1. The first-order chi connectivity index (χ1) is 10.2. The fourth-order valence-electron chi connectivity index (χ4n) is 2.82. The zero-order valence-electron chi connectivity index (χ0n) is 12.1.